The Morgan fingerprint density at radius 1 is 0.552 bits per heavy atom. The van der Waals surface area contributed by atoms with Crippen molar-refractivity contribution in [3.63, 3.8) is 0 Å². The molecule has 2 aliphatic carbocycles. The first kappa shape index (κ1) is 40.3. The summed E-state index contributed by atoms with van der Waals surface area (Å²) in [5.74, 6) is -1.80. The molecule has 0 amide bonds. The van der Waals surface area contributed by atoms with Crippen LogP contribution in [-0.4, -0.2) is 56.3 Å². The van der Waals surface area contributed by atoms with E-state index < -0.39 is 46.7 Å². The van der Waals surface area contributed by atoms with Crippen LogP contribution >= 0.6 is 45.2 Å². The Morgan fingerprint density at radius 2 is 0.897 bits per heavy atom. The number of nitrogens with one attached hydrogen (secondary N) is 2. The van der Waals surface area contributed by atoms with Gasteiger partial charge in [-0.15, -0.1) is 0 Å². The number of rotatable bonds is 6. The van der Waals surface area contributed by atoms with Crippen LogP contribution in [0.4, 0.5) is 26.3 Å². The summed E-state index contributed by atoms with van der Waals surface area (Å²) in [6.07, 6.45) is 3.83. The van der Waals surface area contributed by atoms with Gasteiger partial charge in [-0.25, -0.2) is 26.3 Å². The van der Waals surface area contributed by atoms with Gasteiger partial charge in [0.1, 0.15) is 34.6 Å². The standard InChI is InChI=1S/2C23H22F3IN2/c2*1-23(2,26)11-29-18-8-7-14(18)19-13-5-3-4-6-17(13)28-21(19)22(29)20-15(24)9-12(27)10-16(20)25/h2*3-6,9-10,14,18,22,28H,7-8,11H2,1-2H3/t2*14-,18+,22+/m10/s1. The highest BCUT2D eigenvalue weighted by molar-refractivity contribution is 14.1. The molecule has 6 atom stereocenters. The lowest BCUT2D eigenvalue weighted by atomic mass is 9.68. The molecule has 0 bridgehead atoms. The van der Waals surface area contributed by atoms with Gasteiger partial charge in [0, 0.05) is 88.5 Å². The van der Waals surface area contributed by atoms with Crippen molar-refractivity contribution in [2.45, 2.75) is 101 Å². The van der Waals surface area contributed by atoms with Crippen molar-refractivity contribution in [1.29, 1.82) is 0 Å². The number of nitrogens with zero attached hydrogens (tertiary/aromatic N) is 2. The van der Waals surface area contributed by atoms with E-state index in [0.717, 1.165) is 70.0 Å². The molecule has 12 heteroatoms. The van der Waals surface area contributed by atoms with Crippen molar-refractivity contribution in [1.82, 2.24) is 19.8 Å². The first-order chi connectivity index (χ1) is 27.5. The summed E-state index contributed by atoms with van der Waals surface area (Å²) in [6.45, 7) is 6.35. The molecule has 4 nitrogen and oxygen atoms in total. The fraction of sp³-hybridized carbons (Fsp3) is 0.391. The minimum Gasteiger partial charge on any atom is -0.357 e. The number of hydrogen-bond acceptors (Lipinski definition) is 2. The van der Waals surface area contributed by atoms with Crippen molar-refractivity contribution in [3.8, 4) is 0 Å². The van der Waals surface area contributed by atoms with Crippen LogP contribution in [0.1, 0.15) is 111 Å². The lowest BCUT2D eigenvalue weighted by Crippen LogP contribution is -2.55. The molecule has 304 valence electrons. The Hall–Kier alpha value is -3.08. The Kier molecular flexibility index (Phi) is 10.3. The number of aromatic nitrogens is 2. The van der Waals surface area contributed by atoms with Gasteiger partial charge in [-0.2, -0.15) is 0 Å². The fourth-order valence-corrected chi connectivity index (χ4v) is 11.4. The van der Waals surface area contributed by atoms with Crippen molar-refractivity contribution in [3.05, 3.63) is 137 Å². The van der Waals surface area contributed by atoms with E-state index in [4.69, 9.17) is 0 Å². The average Bonchev–Trinajstić information content (AvgIpc) is 3.64. The van der Waals surface area contributed by atoms with E-state index in [0.29, 0.717) is 7.14 Å². The SMILES string of the molecule is CC(C)(F)CN1[C@@H](c2c(F)cc(I)cc2F)c2[nH]c3ccccc3c2[C@@H]2CC[C@@H]21.CC(C)(F)CN1[C@H](c2c(F)cc(I)cc2F)c2[nH]c3ccccc3c2[C@H]2CC[C@H]21. The van der Waals surface area contributed by atoms with Gasteiger partial charge < -0.3 is 9.97 Å². The van der Waals surface area contributed by atoms with Crippen molar-refractivity contribution in [2.75, 3.05) is 13.1 Å². The van der Waals surface area contributed by atoms with Crippen LogP contribution in [0.15, 0.2) is 72.8 Å². The number of para-hydroxylation sites is 2. The third-order valence-electron chi connectivity index (χ3n) is 12.6. The smallest absolute Gasteiger partial charge is 0.132 e. The molecule has 2 saturated carbocycles. The zero-order valence-corrected chi connectivity index (χ0v) is 36.9. The van der Waals surface area contributed by atoms with E-state index in [-0.39, 0.29) is 48.1 Å². The van der Waals surface area contributed by atoms with Crippen LogP contribution in [0.3, 0.4) is 0 Å². The molecule has 6 aromatic rings. The molecule has 4 heterocycles. The summed E-state index contributed by atoms with van der Waals surface area (Å²) in [5.41, 5.74) is 2.88. The Morgan fingerprint density at radius 3 is 1.21 bits per heavy atom. The lowest BCUT2D eigenvalue weighted by molar-refractivity contribution is 0.00915. The van der Waals surface area contributed by atoms with E-state index in [9.17, 15) is 8.78 Å². The summed E-state index contributed by atoms with van der Waals surface area (Å²) in [4.78, 5) is 10.8. The first-order valence-electron chi connectivity index (χ1n) is 19.9. The summed E-state index contributed by atoms with van der Waals surface area (Å²) in [7, 11) is 0. The Bertz CT molecular complexity index is 2330. The maximum absolute atomic E-state index is 15.1. The van der Waals surface area contributed by atoms with Crippen LogP contribution in [0.5, 0.6) is 0 Å². The van der Waals surface area contributed by atoms with Gasteiger partial charge in [-0.1, -0.05) is 36.4 Å². The van der Waals surface area contributed by atoms with Crippen molar-refractivity contribution in [2.24, 2.45) is 0 Å². The maximum atomic E-state index is 15.1. The first-order valence-corrected chi connectivity index (χ1v) is 22.0. The molecule has 2 aliphatic heterocycles. The molecule has 2 fully saturated rings. The lowest BCUT2D eigenvalue weighted by Gasteiger charge is -2.53. The fourth-order valence-electron chi connectivity index (χ4n) is 10.3. The Labute approximate surface area is 361 Å². The topological polar surface area (TPSA) is 38.1 Å². The van der Waals surface area contributed by atoms with Gasteiger partial charge in [0.25, 0.3) is 0 Å². The predicted molar refractivity (Wildman–Crippen MR) is 234 cm³/mol. The number of fused-ring (bicyclic) bond motifs is 10. The third kappa shape index (κ3) is 6.98. The number of halogens is 8. The van der Waals surface area contributed by atoms with Gasteiger partial charge in [0.2, 0.25) is 0 Å². The summed E-state index contributed by atoms with van der Waals surface area (Å²) in [6, 6.07) is 20.2. The van der Waals surface area contributed by atoms with Crippen molar-refractivity contribution < 1.29 is 26.3 Å². The van der Waals surface area contributed by atoms with Crippen LogP contribution in [0, 0.1) is 30.4 Å². The number of H-pyrrole nitrogens is 2. The number of aromatic amines is 2. The summed E-state index contributed by atoms with van der Waals surface area (Å²) >= 11 is 3.83. The number of hydrogen-bond donors (Lipinski definition) is 2. The highest BCUT2D eigenvalue weighted by Gasteiger charge is 2.52. The van der Waals surface area contributed by atoms with E-state index in [1.165, 1.54) is 52.0 Å². The second-order valence-corrected chi connectivity index (χ2v) is 20.1. The largest absolute Gasteiger partial charge is 0.357 e. The van der Waals surface area contributed by atoms with E-state index in [1.807, 2.05) is 91.4 Å². The molecule has 4 aliphatic rings. The molecule has 2 N–H and O–H groups in total. The van der Waals surface area contributed by atoms with Gasteiger partial charge in [-0.3, -0.25) is 9.80 Å². The van der Waals surface area contributed by atoms with Gasteiger partial charge in [0.15, 0.2) is 0 Å². The second kappa shape index (κ2) is 14.8. The molecule has 0 spiro atoms. The normalized spacial score (nSPS) is 24.3. The zero-order chi connectivity index (χ0) is 41.0. The molecule has 10 rings (SSSR count). The van der Waals surface area contributed by atoms with Gasteiger partial charge in [-0.05, 0) is 146 Å². The molecule has 4 aromatic carbocycles. The Balaban J connectivity index is 0.000000150. The third-order valence-corrected chi connectivity index (χ3v) is 13.8. The molecule has 2 aromatic heterocycles. The molecule has 0 unspecified atom stereocenters. The van der Waals surface area contributed by atoms with E-state index in [1.54, 1.807) is 0 Å². The van der Waals surface area contributed by atoms with Crippen molar-refractivity contribution >= 4 is 67.0 Å². The predicted octanol–water partition coefficient (Wildman–Crippen LogP) is 12.9. The summed E-state index contributed by atoms with van der Waals surface area (Å²) < 4.78 is 91.1. The zero-order valence-electron chi connectivity index (χ0n) is 32.6. The molecule has 0 saturated heterocycles. The molecular formula is C46H44F6I2N4. The number of benzene rings is 4. The average molecular weight is 1020 g/mol. The highest BCUT2D eigenvalue weighted by Crippen LogP contribution is 2.56. The van der Waals surface area contributed by atoms with Gasteiger partial charge >= 0.3 is 0 Å². The number of alkyl halides is 2. The van der Waals surface area contributed by atoms with E-state index >= 15 is 17.6 Å². The van der Waals surface area contributed by atoms with Gasteiger partial charge in [0.05, 0.1) is 12.1 Å². The van der Waals surface area contributed by atoms with Crippen LogP contribution in [0.2, 0.25) is 0 Å². The molecule has 58 heavy (non-hydrogen) atoms. The van der Waals surface area contributed by atoms with E-state index in [2.05, 4.69) is 22.1 Å². The van der Waals surface area contributed by atoms with Crippen LogP contribution < -0.4 is 0 Å². The van der Waals surface area contributed by atoms with Crippen LogP contribution in [-0.2, 0) is 0 Å². The summed E-state index contributed by atoms with van der Waals surface area (Å²) in [5, 5.41) is 2.21. The second-order valence-electron chi connectivity index (χ2n) is 17.7. The van der Waals surface area contributed by atoms with Crippen LogP contribution in [0.25, 0.3) is 21.8 Å². The molecule has 0 radical (unpaired) electrons. The maximum Gasteiger partial charge on any atom is 0.132 e. The minimum absolute atomic E-state index is 0.00724. The quantitative estimate of drug-likeness (QED) is 0.129. The molecular weight excluding hydrogens is 976 g/mol. The highest BCUT2D eigenvalue weighted by atomic mass is 127. The monoisotopic (exact) mass is 1020 g/mol. The minimum atomic E-state index is -1.47.